The van der Waals surface area contributed by atoms with E-state index < -0.39 is 35.1 Å². The molecule has 0 aliphatic carbocycles. The van der Waals surface area contributed by atoms with Crippen LogP contribution in [0.25, 0.3) is 0 Å². The molecule has 2 unspecified atom stereocenters. The van der Waals surface area contributed by atoms with E-state index in [-0.39, 0.29) is 36.8 Å². The second-order valence-corrected chi connectivity index (χ2v) is 13.0. The Hall–Kier alpha value is -3.95. The molecule has 3 aliphatic rings. The number of carbonyl (C=O) groups is 3. The van der Waals surface area contributed by atoms with E-state index in [0.29, 0.717) is 43.8 Å². The number of rotatable bonds is 14. The zero-order valence-electron chi connectivity index (χ0n) is 27.4. The quantitative estimate of drug-likeness (QED) is 0.307. The minimum atomic E-state index is -1.23. The average Bonchev–Trinajstić information content (AvgIpc) is 3.64. The Kier molecular flexibility index (Phi) is 9.75. The van der Waals surface area contributed by atoms with Gasteiger partial charge in [0.2, 0.25) is 11.8 Å². The van der Waals surface area contributed by atoms with Gasteiger partial charge in [-0.15, -0.1) is 13.2 Å². The van der Waals surface area contributed by atoms with E-state index in [4.69, 9.17) is 9.47 Å². The first-order chi connectivity index (χ1) is 22.1. The van der Waals surface area contributed by atoms with Gasteiger partial charge >= 0.3 is 0 Å². The smallest absolute Gasteiger partial charge is 0.253 e. The fourth-order valence-corrected chi connectivity index (χ4v) is 7.94. The van der Waals surface area contributed by atoms with Gasteiger partial charge in [0, 0.05) is 25.3 Å². The number of aliphatic hydroxyl groups is 1. The van der Waals surface area contributed by atoms with Gasteiger partial charge in [0.1, 0.15) is 17.4 Å². The molecule has 5 rings (SSSR count). The summed E-state index contributed by atoms with van der Waals surface area (Å²) in [6.45, 7) is 14.2. The number of amides is 3. The van der Waals surface area contributed by atoms with E-state index in [1.807, 2.05) is 51.1 Å². The van der Waals surface area contributed by atoms with Gasteiger partial charge in [-0.3, -0.25) is 14.4 Å². The number of anilines is 1. The molecule has 9 heteroatoms. The van der Waals surface area contributed by atoms with E-state index in [1.165, 1.54) is 0 Å². The highest BCUT2D eigenvalue weighted by atomic mass is 16.5. The Morgan fingerprint density at radius 2 is 1.76 bits per heavy atom. The topological polar surface area (TPSA) is 99.6 Å². The van der Waals surface area contributed by atoms with Gasteiger partial charge in [0.25, 0.3) is 5.91 Å². The molecule has 3 saturated heterocycles. The fourth-order valence-electron chi connectivity index (χ4n) is 7.94. The molecule has 246 valence electrons. The molecule has 3 amide bonds. The van der Waals surface area contributed by atoms with Gasteiger partial charge in [0.15, 0.2) is 0 Å². The first-order valence-electron chi connectivity index (χ1n) is 16.2. The Morgan fingerprint density at radius 3 is 2.35 bits per heavy atom. The summed E-state index contributed by atoms with van der Waals surface area (Å²) in [6.07, 6.45) is 4.99. The largest absolute Gasteiger partial charge is 0.497 e. The van der Waals surface area contributed by atoms with Crippen molar-refractivity contribution in [2.24, 2.45) is 17.8 Å². The lowest BCUT2D eigenvalue weighted by atomic mass is 9.66. The van der Waals surface area contributed by atoms with Crippen LogP contribution in [0.4, 0.5) is 5.69 Å². The van der Waals surface area contributed by atoms with Crippen LogP contribution in [0.2, 0.25) is 0 Å². The van der Waals surface area contributed by atoms with Gasteiger partial charge in [-0.2, -0.15) is 0 Å². The predicted octanol–water partition coefficient (Wildman–Crippen LogP) is 4.60. The summed E-state index contributed by atoms with van der Waals surface area (Å²) < 4.78 is 12.2. The maximum Gasteiger partial charge on any atom is 0.253 e. The maximum absolute atomic E-state index is 14.9. The van der Waals surface area contributed by atoms with Crippen molar-refractivity contribution in [3.63, 3.8) is 0 Å². The second kappa shape index (κ2) is 13.4. The molecule has 3 fully saturated rings. The summed E-state index contributed by atoms with van der Waals surface area (Å²) in [5.74, 6) is -1.97. The molecule has 0 aromatic heterocycles. The van der Waals surface area contributed by atoms with Crippen molar-refractivity contribution in [2.45, 2.75) is 69.9 Å². The van der Waals surface area contributed by atoms with Crippen LogP contribution < -0.4 is 9.64 Å². The zero-order chi connectivity index (χ0) is 33.2. The zero-order valence-corrected chi connectivity index (χ0v) is 27.4. The Balaban J connectivity index is 1.61. The van der Waals surface area contributed by atoms with Crippen molar-refractivity contribution < 1.29 is 29.0 Å². The molecule has 3 aliphatic heterocycles. The molecule has 3 heterocycles. The average molecular weight is 630 g/mol. The number of benzene rings is 2. The molecule has 7 atom stereocenters. The number of hydrogen-bond acceptors (Lipinski definition) is 6. The molecule has 46 heavy (non-hydrogen) atoms. The van der Waals surface area contributed by atoms with Crippen LogP contribution in [0.1, 0.15) is 45.6 Å². The molecular formula is C37H47N3O6. The molecule has 2 aromatic rings. The summed E-state index contributed by atoms with van der Waals surface area (Å²) >= 11 is 0. The highest BCUT2D eigenvalue weighted by molar-refractivity contribution is 6.05. The van der Waals surface area contributed by atoms with Gasteiger partial charge in [0.05, 0.1) is 37.2 Å². The Bertz CT molecular complexity index is 1450. The van der Waals surface area contributed by atoms with E-state index in [9.17, 15) is 19.5 Å². The third-order valence-corrected chi connectivity index (χ3v) is 10.4. The molecule has 9 nitrogen and oxygen atoms in total. The predicted molar refractivity (Wildman–Crippen MR) is 177 cm³/mol. The lowest BCUT2D eigenvalue weighted by Gasteiger charge is -2.41. The monoisotopic (exact) mass is 629 g/mol. The van der Waals surface area contributed by atoms with Crippen molar-refractivity contribution in [1.82, 2.24) is 9.80 Å². The normalized spacial score (nSPS) is 27.5. The number of ether oxygens (including phenoxy) is 2. The Labute approximate surface area is 272 Å². The van der Waals surface area contributed by atoms with Gasteiger partial charge in [-0.05, 0) is 55.5 Å². The number of hydrogen-bond donors (Lipinski definition) is 1. The van der Waals surface area contributed by atoms with Crippen LogP contribution in [0.3, 0.4) is 0 Å². The van der Waals surface area contributed by atoms with Crippen LogP contribution in [0.15, 0.2) is 79.9 Å². The van der Waals surface area contributed by atoms with Crippen LogP contribution in [0.5, 0.6) is 5.75 Å². The van der Waals surface area contributed by atoms with Crippen molar-refractivity contribution in [3.8, 4) is 5.75 Å². The number of likely N-dealkylation sites (tertiary alicyclic amines) is 1. The fraction of sp³-hybridized carbons (Fsp3) is 0.486. The van der Waals surface area contributed by atoms with Gasteiger partial charge < -0.3 is 29.3 Å². The summed E-state index contributed by atoms with van der Waals surface area (Å²) in [7, 11) is 1.58. The van der Waals surface area contributed by atoms with Crippen LogP contribution >= 0.6 is 0 Å². The number of methoxy groups -OCH3 is 1. The number of carbonyl (C=O) groups excluding carboxylic acids is 3. The molecule has 1 N–H and O–H groups in total. The van der Waals surface area contributed by atoms with Crippen LogP contribution in [0, 0.1) is 17.8 Å². The van der Waals surface area contributed by atoms with E-state index >= 15 is 0 Å². The third kappa shape index (κ3) is 5.53. The Morgan fingerprint density at radius 1 is 1.09 bits per heavy atom. The summed E-state index contributed by atoms with van der Waals surface area (Å²) in [5, 5.41) is 10.7. The van der Waals surface area contributed by atoms with E-state index in [0.717, 1.165) is 5.56 Å². The van der Waals surface area contributed by atoms with E-state index in [1.54, 1.807) is 58.2 Å². The standard InChI is InChI=1S/C37H47N3O6/c1-7-21-38(23-26-13-11-10-12-14-26)33(42)30-31-34(43)40(29(24-41)25(4)9-3)32(37(31)20-19-36(30,5)46-37)35(44)39(22-8-2)27-15-17-28(45-6)18-16-27/h7-8,10-18,25,29-32,41H,1-2,9,19-24H2,3-6H3/t25-,29-,30+,31-,32?,36-,37?/m0/s1. The van der Waals surface area contributed by atoms with Gasteiger partial charge in [-0.25, -0.2) is 0 Å². The van der Waals surface area contributed by atoms with Crippen molar-refractivity contribution in [1.29, 1.82) is 0 Å². The molecule has 0 saturated carbocycles. The van der Waals surface area contributed by atoms with Crippen molar-refractivity contribution in [3.05, 3.63) is 85.5 Å². The van der Waals surface area contributed by atoms with E-state index in [2.05, 4.69) is 13.2 Å². The SMILES string of the molecule is C=CCN(Cc1ccccc1)C(=O)[C@H]1[C@H]2C(=O)N([C@@H](CO)[C@@H](C)CC)C(C(=O)N(CC=C)c3ccc(OC)cc3)C23CC[C@]1(C)O3. The lowest BCUT2D eigenvalue weighted by Crippen LogP contribution is -2.60. The minimum absolute atomic E-state index is 0.106. The van der Waals surface area contributed by atoms with Crippen molar-refractivity contribution >= 4 is 23.4 Å². The number of nitrogens with zero attached hydrogens (tertiary/aromatic N) is 3. The number of fused-ring (bicyclic) bond motifs is 1. The summed E-state index contributed by atoms with van der Waals surface area (Å²) in [5.41, 5.74) is -0.589. The van der Waals surface area contributed by atoms with Crippen LogP contribution in [-0.2, 0) is 25.7 Å². The minimum Gasteiger partial charge on any atom is -0.497 e. The molecule has 2 bridgehead atoms. The second-order valence-electron chi connectivity index (χ2n) is 13.0. The summed E-state index contributed by atoms with van der Waals surface area (Å²) in [6, 6.07) is 15.2. The number of aliphatic hydroxyl groups excluding tert-OH is 1. The molecule has 1 spiro atoms. The molecular weight excluding hydrogens is 582 g/mol. The highest BCUT2D eigenvalue weighted by Gasteiger charge is 2.79. The molecule has 0 radical (unpaired) electrons. The first-order valence-corrected chi connectivity index (χ1v) is 16.2. The summed E-state index contributed by atoms with van der Waals surface area (Å²) in [4.78, 5) is 49.3. The lowest BCUT2D eigenvalue weighted by molar-refractivity contribution is -0.153. The highest BCUT2D eigenvalue weighted by Crippen LogP contribution is 2.64. The first kappa shape index (κ1) is 33.4. The van der Waals surface area contributed by atoms with Crippen LogP contribution in [-0.4, -0.2) is 82.7 Å². The molecule has 2 aromatic carbocycles. The van der Waals surface area contributed by atoms with Crippen molar-refractivity contribution in [2.75, 3.05) is 31.7 Å². The van der Waals surface area contributed by atoms with Gasteiger partial charge in [-0.1, -0.05) is 62.8 Å². The maximum atomic E-state index is 14.9. The third-order valence-electron chi connectivity index (χ3n) is 10.4.